The van der Waals surface area contributed by atoms with E-state index in [-0.39, 0.29) is 58.6 Å². The first-order chi connectivity index (χ1) is 22.8. The highest BCUT2D eigenvalue weighted by atomic mass is 16.6. The van der Waals surface area contributed by atoms with Crippen molar-refractivity contribution < 1.29 is 28.7 Å². The number of ketones is 2. The van der Waals surface area contributed by atoms with Gasteiger partial charge in [0.05, 0.1) is 12.8 Å². The standard InChI is InChI=1S/C42H58O6/c1-39-19-15-27(23-25(39)5-7-29-31-9-11-35(43)41(31,3)21-17-33(29)39)47-37(45)13-14-38(46)48-28-16-20-40(2)26(24-28)6-8-30-32-10-12-36(44)42(32,4)22-18-34(30)40/h5-6,27-34H,7-24H2,1-4H3/t27-,28-,29?,30?,31?,32?,33?,34?,39-,40-,41-,42-/m0/s1. The van der Waals surface area contributed by atoms with Gasteiger partial charge >= 0.3 is 11.9 Å². The predicted molar refractivity (Wildman–Crippen MR) is 182 cm³/mol. The van der Waals surface area contributed by atoms with Crippen molar-refractivity contribution in [1.82, 2.24) is 0 Å². The summed E-state index contributed by atoms with van der Waals surface area (Å²) in [5, 5.41) is 0. The fourth-order valence-electron chi connectivity index (χ4n) is 13.7. The van der Waals surface area contributed by atoms with Crippen LogP contribution in [0, 0.1) is 57.2 Å². The van der Waals surface area contributed by atoms with Crippen LogP contribution in [0.4, 0.5) is 0 Å². The smallest absolute Gasteiger partial charge is 0.306 e. The Labute approximate surface area is 287 Å². The molecule has 6 nitrogen and oxygen atoms in total. The third kappa shape index (κ3) is 4.98. The van der Waals surface area contributed by atoms with E-state index in [1.54, 1.807) is 0 Å². The number of hydrogen-bond acceptors (Lipinski definition) is 6. The average Bonchev–Trinajstić information content (AvgIpc) is 3.54. The predicted octanol–water partition coefficient (Wildman–Crippen LogP) is 8.65. The highest BCUT2D eigenvalue weighted by Crippen LogP contribution is 2.65. The van der Waals surface area contributed by atoms with Crippen LogP contribution in [0.2, 0.25) is 0 Å². The van der Waals surface area contributed by atoms with E-state index in [2.05, 4.69) is 39.8 Å². The minimum absolute atomic E-state index is 0.0698. The molecular weight excluding hydrogens is 600 g/mol. The van der Waals surface area contributed by atoms with Crippen LogP contribution in [-0.4, -0.2) is 35.7 Å². The van der Waals surface area contributed by atoms with Crippen LogP contribution >= 0.6 is 0 Å². The van der Waals surface area contributed by atoms with Crippen molar-refractivity contribution in [3.8, 4) is 0 Å². The van der Waals surface area contributed by atoms with Crippen LogP contribution < -0.4 is 0 Å². The number of fused-ring (bicyclic) bond motifs is 10. The molecule has 0 N–H and O–H groups in total. The van der Waals surface area contributed by atoms with Crippen LogP contribution in [0.15, 0.2) is 23.3 Å². The Morgan fingerprint density at radius 1 is 0.583 bits per heavy atom. The number of ether oxygens (including phenoxy) is 2. The zero-order chi connectivity index (χ0) is 33.6. The van der Waals surface area contributed by atoms with Gasteiger partial charge in [-0.1, -0.05) is 51.0 Å². The number of allylic oxidation sites excluding steroid dienone is 2. The first-order valence-corrected chi connectivity index (χ1v) is 19.7. The van der Waals surface area contributed by atoms with Gasteiger partial charge in [-0.3, -0.25) is 19.2 Å². The molecule has 0 saturated heterocycles. The zero-order valence-corrected chi connectivity index (χ0v) is 30.0. The summed E-state index contributed by atoms with van der Waals surface area (Å²) < 4.78 is 12.0. The number of Topliss-reactive ketones (excluding diaryl/α,β-unsaturated/α-hetero) is 2. The molecule has 6 unspecified atom stereocenters. The lowest BCUT2D eigenvalue weighted by molar-refractivity contribution is -0.158. The van der Waals surface area contributed by atoms with Gasteiger partial charge in [-0.15, -0.1) is 0 Å². The Morgan fingerprint density at radius 2 is 0.958 bits per heavy atom. The Balaban J connectivity index is 0.815. The minimum atomic E-state index is -0.292. The van der Waals surface area contributed by atoms with Gasteiger partial charge in [-0.2, -0.15) is 0 Å². The lowest BCUT2D eigenvalue weighted by Crippen LogP contribution is -2.50. The van der Waals surface area contributed by atoms with E-state index in [9.17, 15) is 19.2 Å². The molecule has 48 heavy (non-hydrogen) atoms. The molecule has 0 aromatic carbocycles. The van der Waals surface area contributed by atoms with Crippen molar-refractivity contribution >= 4 is 23.5 Å². The van der Waals surface area contributed by atoms with Crippen LogP contribution in [-0.2, 0) is 28.7 Å². The van der Waals surface area contributed by atoms with Crippen LogP contribution in [0.1, 0.15) is 143 Å². The van der Waals surface area contributed by atoms with Crippen molar-refractivity contribution in [2.45, 2.75) is 155 Å². The SMILES string of the molecule is C[C@]12CC[C@H](OC(=O)CCC(=O)O[C@H]3CC[C@@]4(C)C(=CCC5C4CC[C@]4(C)C(=O)CCC54)C3)CC1=CCC1C2CC[C@]2(C)C(=O)CCC12. The van der Waals surface area contributed by atoms with E-state index in [1.807, 2.05) is 0 Å². The number of esters is 2. The van der Waals surface area contributed by atoms with Crippen LogP contribution in [0.3, 0.4) is 0 Å². The van der Waals surface area contributed by atoms with Gasteiger partial charge in [0.2, 0.25) is 0 Å². The second kappa shape index (κ2) is 11.7. The summed E-state index contributed by atoms with van der Waals surface area (Å²) in [5.41, 5.74) is 2.96. The topological polar surface area (TPSA) is 86.7 Å². The van der Waals surface area contributed by atoms with Crippen molar-refractivity contribution in [1.29, 1.82) is 0 Å². The van der Waals surface area contributed by atoms with Crippen molar-refractivity contribution in [2.24, 2.45) is 57.2 Å². The van der Waals surface area contributed by atoms with Gasteiger partial charge in [-0.05, 0) is 123 Å². The molecule has 8 rings (SSSR count). The Bertz CT molecular complexity index is 1350. The molecule has 6 heteroatoms. The molecule has 0 radical (unpaired) electrons. The molecule has 8 aliphatic carbocycles. The molecule has 0 aromatic rings. The summed E-state index contributed by atoms with van der Waals surface area (Å²) in [6.45, 7) is 9.33. The minimum Gasteiger partial charge on any atom is -0.462 e. The molecule has 0 aromatic heterocycles. The van der Waals surface area contributed by atoms with Crippen molar-refractivity contribution in [3.05, 3.63) is 23.3 Å². The molecule has 0 heterocycles. The number of carbonyl (C=O) groups is 4. The largest absolute Gasteiger partial charge is 0.462 e. The quantitative estimate of drug-likeness (QED) is 0.217. The molecule has 0 aliphatic heterocycles. The highest BCUT2D eigenvalue weighted by Gasteiger charge is 2.60. The van der Waals surface area contributed by atoms with Crippen molar-refractivity contribution in [2.75, 3.05) is 0 Å². The molecule has 6 saturated carbocycles. The van der Waals surface area contributed by atoms with E-state index in [0.29, 0.717) is 47.1 Å². The second-order valence-corrected chi connectivity index (χ2v) is 18.6. The fourth-order valence-corrected chi connectivity index (χ4v) is 13.7. The average molecular weight is 659 g/mol. The maximum absolute atomic E-state index is 12.9. The van der Waals surface area contributed by atoms with Gasteiger partial charge in [-0.25, -0.2) is 0 Å². The highest BCUT2D eigenvalue weighted by molar-refractivity contribution is 5.87. The van der Waals surface area contributed by atoms with E-state index in [0.717, 1.165) is 103 Å². The van der Waals surface area contributed by atoms with Gasteiger partial charge in [0, 0.05) is 36.5 Å². The normalized spacial score (nSPS) is 47.7. The van der Waals surface area contributed by atoms with E-state index >= 15 is 0 Å². The number of rotatable bonds is 5. The monoisotopic (exact) mass is 658 g/mol. The van der Waals surface area contributed by atoms with Crippen molar-refractivity contribution in [3.63, 3.8) is 0 Å². The molecule has 0 spiro atoms. The molecule has 0 amide bonds. The van der Waals surface area contributed by atoms with Crippen LogP contribution in [0.25, 0.3) is 0 Å². The van der Waals surface area contributed by atoms with Gasteiger partial charge in [0.15, 0.2) is 0 Å². The Kier molecular flexibility index (Phi) is 8.00. The lowest BCUT2D eigenvalue weighted by Gasteiger charge is -2.56. The molecule has 6 fully saturated rings. The number of carbonyl (C=O) groups excluding carboxylic acids is 4. The molecule has 8 aliphatic rings. The molecule has 12 atom stereocenters. The summed E-state index contributed by atoms with van der Waals surface area (Å²) in [4.78, 5) is 51.4. The van der Waals surface area contributed by atoms with E-state index in [4.69, 9.17) is 9.47 Å². The second-order valence-electron chi connectivity index (χ2n) is 18.6. The van der Waals surface area contributed by atoms with Gasteiger partial charge in [0.25, 0.3) is 0 Å². The molecule has 262 valence electrons. The first-order valence-electron chi connectivity index (χ1n) is 19.7. The van der Waals surface area contributed by atoms with Gasteiger partial charge in [0.1, 0.15) is 23.8 Å². The maximum atomic E-state index is 12.9. The number of hydrogen-bond donors (Lipinski definition) is 0. The van der Waals surface area contributed by atoms with Crippen LogP contribution in [0.5, 0.6) is 0 Å². The zero-order valence-electron chi connectivity index (χ0n) is 30.0. The first kappa shape index (κ1) is 32.9. The van der Waals surface area contributed by atoms with E-state index in [1.165, 1.54) is 11.1 Å². The summed E-state index contributed by atoms with van der Waals surface area (Å²) >= 11 is 0. The third-order valence-electron chi connectivity index (χ3n) is 16.7. The van der Waals surface area contributed by atoms with E-state index < -0.39 is 0 Å². The summed E-state index contributed by atoms with van der Waals surface area (Å²) in [5.74, 6) is 3.87. The summed E-state index contributed by atoms with van der Waals surface area (Å²) in [6, 6.07) is 0. The Hall–Kier alpha value is -2.24. The fraction of sp³-hybridized carbons (Fsp3) is 0.810. The third-order valence-corrected chi connectivity index (χ3v) is 16.7. The summed E-state index contributed by atoms with van der Waals surface area (Å²) in [7, 11) is 0. The molecule has 0 bridgehead atoms. The maximum Gasteiger partial charge on any atom is 0.306 e. The molecular formula is C42H58O6. The Morgan fingerprint density at radius 3 is 1.38 bits per heavy atom. The lowest BCUT2D eigenvalue weighted by atomic mass is 9.48. The van der Waals surface area contributed by atoms with Gasteiger partial charge < -0.3 is 9.47 Å². The summed E-state index contributed by atoms with van der Waals surface area (Å²) in [6.07, 6.45) is 20.2.